The first-order chi connectivity index (χ1) is 7.99. The molecule has 0 saturated carbocycles. The second kappa shape index (κ2) is 5.22. The summed E-state index contributed by atoms with van der Waals surface area (Å²) in [5.41, 5.74) is 0. The second-order valence-electron chi connectivity index (χ2n) is 5.19. The van der Waals surface area contributed by atoms with Crippen LogP contribution in [0.15, 0.2) is 0 Å². The van der Waals surface area contributed by atoms with Gasteiger partial charge < -0.3 is 4.74 Å². The molecular weight excluding hydrogens is 240 g/mol. The molecule has 1 N–H and O–H groups in total. The standard InChI is InChI=1S/C11H22N2O3S/c1-9(2)17(14,15)12-6-11-7-13-5-3-4-10(13)8-16-11/h9-12H,3-8H2,1-2H3. The highest BCUT2D eigenvalue weighted by Crippen LogP contribution is 2.22. The topological polar surface area (TPSA) is 58.6 Å². The molecule has 2 fully saturated rings. The minimum atomic E-state index is -3.17. The molecule has 0 amide bonds. The lowest BCUT2D eigenvalue weighted by atomic mass is 10.2. The van der Waals surface area contributed by atoms with Gasteiger partial charge in [0, 0.05) is 19.1 Å². The summed E-state index contributed by atoms with van der Waals surface area (Å²) in [4.78, 5) is 2.41. The summed E-state index contributed by atoms with van der Waals surface area (Å²) in [6.45, 7) is 6.48. The third-order valence-electron chi connectivity index (χ3n) is 3.59. The average Bonchev–Trinajstić information content (AvgIpc) is 2.73. The lowest BCUT2D eigenvalue weighted by Gasteiger charge is -2.35. The van der Waals surface area contributed by atoms with Gasteiger partial charge in [0.1, 0.15) is 0 Å². The maximum atomic E-state index is 11.6. The lowest BCUT2D eigenvalue weighted by molar-refractivity contribution is -0.0449. The van der Waals surface area contributed by atoms with E-state index in [0.717, 1.165) is 19.7 Å². The zero-order chi connectivity index (χ0) is 12.5. The number of hydrogen-bond acceptors (Lipinski definition) is 4. The second-order valence-corrected chi connectivity index (χ2v) is 7.51. The molecule has 2 aliphatic heterocycles. The molecule has 17 heavy (non-hydrogen) atoms. The normalized spacial score (nSPS) is 30.8. The van der Waals surface area contributed by atoms with E-state index in [2.05, 4.69) is 9.62 Å². The van der Waals surface area contributed by atoms with E-state index in [4.69, 9.17) is 4.74 Å². The summed E-state index contributed by atoms with van der Waals surface area (Å²) < 4.78 is 31.6. The maximum Gasteiger partial charge on any atom is 0.214 e. The molecule has 0 radical (unpaired) electrons. The van der Waals surface area contributed by atoms with E-state index in [0.29, 0.717) is 12.6 Å². The first kappa shape index (κ1) is 13.3. The van der Waals surface area contributed by atoms with E-state index in [9.17, 15) is 8.42 Å². The molecule has 100 valence electrons. The molecule has 2 atom stereocenters. The Hall–Kier alpha value is -0.170. The number of hydrogen-bond donors (Lipinski definition) is 1. The molecular formula is C11H22N2O3S. The summed E-state index contributed by atoms with van der Waals surface area (Å²) in [5.74, 6) is 0. The molecule has 0 aliphatic carbocycles. The van der Waals surface area contributed by atoms with Gasteiger partial charge in [0.25, 0.3) is 0 Å². The maximum absolute atomic E-state index is 11.6. The minimum Gasteiger partial charge on any atom is -0.374 e. The minimum absolute atomic E-state index is 0.00197. The van der Waals surface area contributed by atoms with Gasteiger partial charge in [-0.1, -0.05) is 0 Å². The highest BCUT2D eigenvalue weighted by molar-refractivity contribution is 7.90. The third-order valence-corrected chi connectivity index (χ3v) is 5.40. The fourth-order valence-electron chi connectivity index (χ4n) is 2.38. The number of morpholine rings is 1. The zero-order valence-electron chi connectivity index (χ0n) is 10.6. The van der Waals surface area contributed by atoms with E-state index in [-0.39, 0.29) is 11.4 Å². The van der Waals surface area contributed by atoms with Crippen molar-refractivity contribution in [1.29, 1.82) is 0 Å². The van der Waals surface area contributed by atoms with Crippen LogP contribution in [0.1, 0.15) is 26.7 Å². The van der Waals surface area contributed by atoms with Crippen molar-refractivity contribution < 1.29 is 13.2 Å². The molecule has 6 heteroatoms. The van der Waals surface area contributed by atoms with Crippen molar-refractivity contribution in [1.82, 2.24) is 9.62 Å². The van der Waals surface area contributed by atoms with Gasteiger partial charge in [-0.2, -0.15) is 0 Å². The number of fused-ring (bicyclic) bond motifs is 1. The van der Waals surface area contributed by atoms with Gasteiger partial charge in [-0.15, -0.1) is 0 Å². The SMILES string of the molecule is CC(C)S(=O)(=O)NCC1CN2CCCC2CO1. The predicted octanol–water partition coefficient (Wildman–Crippen LogP) is 0.177. The Balaban J connectivity index is 1.81. The van der Waals surface area contributed by atoms with Crippen molar-refractivity contribution in [2.75, 3.05) is 26.2 Å². The summed E-state index contributed by atoms with van der Waals surface area (Å²) in [7, 11) is -3.17. The third kappa shape index (κ3) is 3.19. The van der Waals surface area contributed by atoms with E-state index >= 15 is 0 Å². The average molecular weight is 262 g/mol. The first-order valence-electron chi connectivity index (χ1n) is 6.33. The van der Waals surface area contributed by atoms with E-state index < -0.39 is 10.0 Å². The van der Waals surface area contributed by atoms with Gasteiger partial charge in [-0.3, -0.25) is 4.90 Å². The summed E-state index contributed by atoms with van der Waals surface area (Å²) in [5, 5.41) is -0.384. The number of rotatable bonds is 4. The molecule has 0 aromatic heterocycles. The Morgan fingerprint density at radius 3 is 2.94 bits per heavy atom. The number of sulfonamides is 1. The fourth-order valence-corrected chi connectivity index (χ4v) is 3.14. The molecule has 2 saturated heterocycles. The number of ether oxygens (including phenoxy) is 1. The van der Waals surface area contributed by atoms with E-state index in [1.807, 2.05) is 0 Å². The Morgan fingerprint density at radius 2 is 2.24 bits per heavy atom. The number of nitrogens with zero attached hydrogens (tertiary/aromatic N) is 1. The van der Waals surface area contributed by atoms with Crippen LogP contribution in [0.3, 0.4) is 0 Å². The quantitative estimate of drug-likeness (QED) is 0.785. The Morgan fingerprint density at radius 1 is 1.47 bits per heavy atom. The van der Waals surface area contributed by atoms with E-state index in [1.165, 1.54) is 12.8 Å². The summed E-state index contributed by atoms with van der Waals surface area (Å²) in [6, 6.07) is 0.563. The van der Waals surface area contributed by atoms with Crippen molar-refractivity contribution in [3.63, 3.8) is 0 Å². The van der Waals surface area contributed by atoms with Crippen molar-refractivity contribution in [2.45, 2.75) is 44.1 Å². The predicted molar refractivity (Wildman–Crippen MR) is 66.4 cm³/mol. The van der Waals surface area contributed by atoms with Crippen LogP contribution in [0.4, 0.5) is 0 Å². The van der Waals surface area contributed by atoms with Crippen molar-refractivity contribution in [3.05, 3.63) is 0 Å². The van der Waals surface area contributed by atoms with Gasteiger partial charge in [0.2, 0.25) is 10.0 Å². The molecule has 2 rings (SSSR count). The molecule has 5 nitrogen and oxygen atoms in total. The van der Waals surface area contributed by atoms with Gasteiger partial charge in [-0.05, 0) is 33.2 Å². The van der Waals surface area contributed by atoms with Gasteiger partial charge in [-0.25, -0.2) is 13.1 Å². The molecule has 0 bridgehead atoms. The van der Waals surface area contributed by atoms with Gasteiger partial charge in [0.15, 0.2) is 0 Å². The molecule has 2 aliphatic rings. The Labute approximate surface area is 104 Å². The van der Waals surface area contributed by atoms with Crippen LogP contribution in [0.5, 0.6) is 0 Å². The van der Waals surface area contributed by atoms with Gasteiger partial charge in [0.05, 0.1) is 18.0 Å². The zero-order valence-corrected chi connectivity index (χ0v) is 11.4. The number of nitrogens with one attached hydrogen (secondary N) is 1. The molecule has 2 heterocycles. The Bertz CT molecular complexity index is 356. The molecule has 2 unspecified atom stereocenters. The van der Waals surface area contributed by atoms with E-state index in [1.54, 1.807) is 13.8 Å². The van der Waals surface area contributed by atoms with Crippen LogP contribution < -0.4 is 4.72 Å². The van der Waals surface area contributed by atoms with Crippen molar-refractivity contribution in [3.8, 4) is 0 Å². The van der Waals surface area contributed by atoms with Crippen LogP contribution in [0.2, 0.25) is 0 Å². The molecule has 0 aromatic carbocycles. The first-order valence-corrected chi connectivity index (χ1v) is 7.88. The van der Waals surface area contributed by atoms with Gasteiger partial charge >= 0.3 is 0 Å². The van der Waals surface area contributed by atoms with Crippen molar-refractivity contribution in [2.24, 2.45) is 0 Å². The van der Waals surface area contributed by atoms with Crippen LogP contribution in [-0.4, -0.2) is 57.0 Å². The van der Waals surface area contributed by atoms with Crippen LogP contribution in [0, 0.1) is 0 Å². The molecule has 0 aromatic rings. The monoisotopic (exact) mass is 262 g/mol. The fraction of sp³-hybridized carbons (Fsp3) is 1.00. The van der Waals surface area contributed by atoms with Crippen LogP contribution >= 0.6 is 0 Å². The summed E-state index contributed by atoms with van der Waals surface area (Å²) in [6.07, 6.45) is 2.45. The smallest absolute Gasteiger partial charge is 0.214 e. The lowest BCUT2D eigenvalue weighted by Crippen LogP contribution is -2.50. The molecule has 0 spiro atoms. The largest absolute Gasteiger partial charge is 0.374 e. The summed E-state index contributed by atoms with van der Waals surface area (Å²) >= 11 is 0. The van der Waals surface area contributed by atoms with Crippen molar-refractivity contribution >= 4 is 10.0 Å². The highest BCUT2D eigenvalue weighted by atomic mass is 32.2. The van der Waals surface area contributed by atoms with Crippen LogP contribution in [0.25, 0.3) is 0 Å². The van der Waals surface area contributed by atoms with Crippen LogP contribution in [-0.2, 0) is 14.8 Å². The highest BCUT2D eigenvalue weighted by Gasteiger charge is 2.32. The Kier molecular flexibility index (Phi) is 4.07.